The van der Waals surface area contributed by atoms with Crippen molar-refractivity contribution in [2.75, 3.05) is 40.9 Å². The van der Waals surface area contributed by atoms with Crippen molar-refractivity contribution in [1.29, 1.82) is 0 Å². The van der Waals surface area contributed by atoms with Crippen molar-refractivity contribution in [2.45, 2.75) is 238 Å². The second kappa shape index (κ2) is 42.0. The van der Waals surface area contributed by atoms with Gasteiger partial charge in [0.15, 0.2) is 0 Å². The van der Waals surface area contributed by atoms with E-state index in [4.69, 9.17) is 9.05 Å². The first kappa shape index (κ1) is 57.7. The molecule has 0 aliphatic rings. The number of quaternary nitrogens is 1. The van der Waals surface area contributed by atoms with E-state index in [-0.39, 0.29) is 19.1 Å². The highest BCUT2D eigenvalue weighted by atomic mass is 31.2. The third kappa shape index (κ3) is 44.6. The summed E-state index contributed by atoms with van der Waals surface area (Å²) in [4.78, 5) is 23.2. The zero-order chi connectivity index (χ0) is 43.6. The number of carbonyl (C=O) groups is 1. The van der Waals surface area contributed by atoms with Gasteiger partial charge in [0.1, 0.15) is 13.2 Å². The Labute approximate surface area is 366 Å². The van der Waals surface area contributed by atoms with Crippen LogP contribution in [0.25, 0.3) is 0 Å². The van der Waals surface area contributed by atoms with E-state index in [1.54, 1.807) is 6.08 Å². The number of rotatable bonds is 45. The van der Waals surface area contributed by atoms with Crippen LogP contribution in [0.4, 0.5) is 0 Å². The third-order valence-electron chi connectivity index (χ3n) is 11.1. The molecule has 3 unspecified atom stereocenters. The summed E-state index contributed by atoms with van der Waals surface area (Å²) in [5, 5.41) is 13.8. The number of hydrogen-bond acceptors (Lipinski definition) is 5. The summed E-state index contributed by atoms with van der Waals surface area (Å²) in [5.74, 6) is -0.188. The van der Waals surface area contributed by atoms with E-state index < -0.39 is 20.0 Å². The lowest BCUT2D eigenvalue weighted by Crippen LogP contribution is -2.45. The number of aliphatic hydroxyl groups is 1. The quantitative estimate of drug-likeness (QED) is 0.0244. The molecule has 0 radical (unpaired) electrons. The lowest BCUT2D eigenvalue weighted by Gasteiger charge is -2.25. The Morgan fingerprint density at radius 2 is 0.932 bits per heavy atom. The minimum Gasteiger partial charge on any atom is -0.387 e. The van der Waals surface area contributed by atoms with Crippen LogP contribution in [0.3, 0.4) is 0 Å². The fraction of sp³-hybridized carbons (Fsp3) is 0.860. The van der Waals surface area contributed by atoms with Crippen molar-refractivity contribution in [3.05, 3.63) is 36.5 Å². The number of nitrogens with zero attached hydrogens (tertiary/aromatic N) is 1. The molecule has 0 aliphatic carbocycles. The van der Waals surface area contributed by atoms with Gasteiger partial charge in [0.25, 0.3) is 0 Å². The number of phosphoric ester groups is 1. The summed E-state index contributed by atoms with van der Waals surface area (Å²) < 4.78 is 23.6. The van der Waals surface area contributed by atoms with Crippen LogP contribution in [0.1, 0.15) is 226 Å². The fourth-order valence-corrected chi connectivity index (χ4v) is 7.87. The molecule has 0 saturated heterocycles. The molecule has 0 aromatic carbocycles. The highest BCUT2D eigenvalue weighted by Crippen LogP contribution is 2.43. The van der Waals surface area contributed by atoms with E-state index in [9.17, 15) is 19.4 Å². The van der Waals surface area contributed by atoms with Crippen LogP contribution in [-0.4, -0.2) is 73.4 Å². The average molecular weight is 854 g/mol. The van der Waals surface area contributed by atoms with E-state index in [2.05, 4.69) is 43.5 Å². The number of hydrogen-bond donors (Lipinski definition) is 3. The number of carbonyl (C=O) groups excluding carboxylic acids is 1. The molecule has 0 bridgehead atoms. The zero-order valence-corrected chi connectivity index (χ0v) is 40.4. The van der Waals surface area contributed by atoms with Gasteiger partial charge in [-0.2, -0.15) is 0 Å². The lowest BCUT2D eigenvalue weighted by molar-refractivity contribution is -0.870. The molecule has 0 rings (SSSR count). The Balaban J connectivity index is 4.39. The largest absolute Gasteiger partial charge is 0.472 e. The molecule has 0 fully saturated rings. The summed E-state index contributed by atoms with van der Waals surface area (Å²) >= 11 is 0. The average Bonchev–Trinajstić information content (AvgIpc) is 3.19. The van der Waals surface area contributed by atoms with Gasteiger partial charge in [0.2, 0.25) is 5.91 Å². The number of allylic oxidation sites excluding steroid dienone is 5. The molecule has 348 valence electrons. The summed E-state index contributed by atoms with van der Waals surface area (Å²) in [7, 11) is 1.55. The van der Waals surface area contributed by atoms with Gasteiger partial charge in [0, 0.05) is 6.42 Å². The second-order valence-electron chi connectivity index (χ2n) is 18.2. The van der Waals surface area contributed by atoms with Gasteiger partial charge >= 0.3 is 7.82 Å². The number of aliphatic hydroxyl groups excluding tert-OH is 1. The number of phosphoric acid groups is 1. The van der Waals surface area contributed by atoms with E-state index in [1.807, 2.05) is 27.2 Å². The fourth-order valence-electron chi connectivity index (χ4n) is 7.13. The standard InChI is InChI=1S/C50H97N2O6P/c1-6-8-10-12-14-16-18-20-22-24-26-28-30-32-34-36-38-40-42-44-50(54)51-48(47-58-59(55,56)57-46-45-52(3,4)5)49(53)43-41-39-37-35-33-31-29-27-25-23-21-19-17-15-13-11-9-7-2/h25,27,33,35,41,43,48-49,53H,6-24,26,28-32,34,36-40,42,44-47H2,1-5H3,(H-,51,54,55,56)/p+1/b27-25+,35-33+,43-41+. The van der Waals surface area contributed by atoms with Crippen LogP contribution in [0.5, 0.6) is 0 Å². The molecule has 3 atom stereocenters. The van der Waals surface area contributed by atoms with Crippen LogP contribution in [0, 0.1) is 0 Å². The van der Waals surface area contributed by atoms with Crippen LogP contribution in [-0.2, 0) is 18.4 Å². The van der Waals surface area contributed by atoms with Crippen LogP contribution in [0.2, 0.25) is 0 Å². The van der Waals surface area contributed by atoms with Gasteiger partial charge in [-0.05, 0) is 44.9 Å². The predicted octanol–water partition coefficient (Wildman–Crippen LogP) is 14.3. The topological polar surface area (TPSA) is 105 Å². The van der Waals surface area contributed by atoms with Crippen molar-refractivity contribution in [3.8, 4) is 0 Å². The molecular weight excluding hydrogens is 756 g/mol. The Hall–Kier alpha value is -1.28. The number of unbranched alkanes of at least 4 members (excludes halogenated alkanes) is 28. The first-order valence-electron chi connectivity index (χ1n) is 24.9. The molecule has 0 heterocycles. The molecule has 0 aromatic rings. The Bertz CT molecular complexity index is 1060. The van der Waals surface area contributed by atoms with Crippen LogP contribution >= 0.6 is 7.82 Å². The molecule has 1 amide bonds. The molecule has 0 aliphatic heterocycles. The van der Waals surface area contributed by atoms with Crippen molar-refractivity contribution in [1.82, 2.24) is 5.32 Å². The third-order valence-corrected chi connectivity index (χ3v) is 12.1. The Morgan fingerprint density at radius 3 is 1.36 bits per heavy atom. The normalized spacial score (nSPS) is 14.5. The first-order chi connectivity index (χ1) is 28.5. The molecule has 0 saturated carbocycles. The summed E-state index contributed by atoms with van der Waals surface area (Å²) in [6.45, 7) is 4.80. The summed E-state index contributed by atoms with van der Waals surface area (Å²) in [6, 6.07) is -0.866. The van der Waals surface area contributed by atoms with E-state index in [0.29, 0.717) is 17.4 Å². The van der Waals surface area contributed by atoms with E-state index >= 15 is 0 Å². The van der Waals surface area contributed by atoms with Gasteiger partial charge in [-0.3, -0.25) is 13.8 Å². The highest BCUT2D eigenvalue weighted by Gasteiger charge is 2.27. The second-order valence-corrected chi connectivity index (χ2v) is 19.6. The van der Waals surface area contributed by atoms with Gasteiger partial charge in [-0.25, -0.2) is 4.57 Å². The minimum absolute atomic E-state index is 0.0548. The van der Waals surface area contributed by atoms with Gasteiger partial charge in [-0.1, -0.05) is 211 Å². The molecule has 0 spiro atoms. The predicted molar refractivity (Wildman–Crippen MR) is 254 cm³/mol. The molecule has 9 heteroatoms. The van der Waals surface area contributed by atoms with Crippen molar-refractivity contribution >= 4 is 13.7 Å². The molecule has 8 nitrogen and oxygen atoms in total. The van der Waals surface area contributed by atoms with E-state index in [1.165, 1.54) is 161 Å². The van der Waals surface area contributed by atoms with Gasteiger partial charge in [0.05, 0.1) is 39.9 Å². The highest BCUT2D eigenvalue weighted by molar-refractivity contribution is 7.47. The minimum atomic E-state index is -4.35. The number of likely N-dealkylation sites (N-methyl/N-ethyl adjacent to an activating group) is 1. The molecule has 59 heavy (non-hydrogen) atoms. The van der Waals surface area contributed by atoms with Gasteiger partial charge in [-0.15, -0.1) is 0 Å². The first-order valence-corrected chi connectivity index (χ1v) is 26.4. The van der Waals surface area contributed by atoms with E-state index in [0.717, 1.165) is 44.9 Å². The molecule has 0 aromatic heterocycles. The van der Waals surface area contributed by atoms with Crippen molar-refractivity contribution < 1.29 is 32.9 Å². The smallest absolute Gasteiger partial charge is 0.387 e. The lowest BCUT2D eigenvalue weighted by atomic mass is 10.0. The number of amides is 1. The maximum atomic E-state index is 12.9. The van der Waals surface area contributed by atoms with Crippen LogP contribution < -0.4 is 5.32 Å². The molecular formula is C50H98N2O6P+. The number of nitrogens with one attached hydrogen (secondary N) is 1. The molecule has 3 N–H and O–H groups in total. The summed E-state index contributed by atoms with van der Waals surface area (Å²) in [5.41, 5.74) is 0. The Kier molecular flexibility index (Phi) is 41.1. The zero-order valence-electron chi connectivity index (χ0n) is 39.5. The maximum absolute atomic E-state index is 12.9. The van der Waals surface area contributed by atoms with Gasteiger partial charge < -0.3 is 19.8 Å². The Morgan fingerprint density at radius 1 is 0.559 bits per heavy atom. The van der Waals surface area contributed by atoms with Crippen LogP contribution in [0.15, 0.2) is 36.5 Å². The summed E-state index contributed by atoms with van der Waals surface area (Å²) in [6.07, 6.45) is 52.2. The monoisotopic (exact) mass is 854 g/mol. The van der Waals surface area contributed by atoms with Crippen molar-refractivity contribution in [3.63, 3.8) is 0 Å². The maximum Gasteiger partial charge on any atom is 0.472 e. The SMILES string of the molecule is CCCCCCCCCC/C=C/CC/C=C/CC/C=C/C(O)C(COP(=O)(O)OCC[N+](C)(C)C)NC(=O)CCCCCCCCCCCCCCCCCCCCC. The van der Waals surface area contributed by atoms with Crippen molar-refractivity contribution in [2.24, 2.45) is 0 Å².